The minimum atomic E-state index is -1.16. The summed E-state index contributed by atoms with van der Waals surface area (Å²) >= 11 is 0. The van der Waals surface area contributed by atoms with Crippen LogP contribution in [0.25, 0.3) is 0 Å². The Morgan fingerprint density at radius 1 is 0.897 bits per heavy atom. The van der Waals surface area contributed by atoms with Crippen molar-refractivity contribution in [2.45, 2.75) is 19.1 Å². The van der Waals surface area contributed by atoms with Crippen molar-refractivity contribution < 1.29 is 23.9 Å². The molecule has 2 rings (SSSR count). The monoisotopic (exact) mass is 399 g/mol. The van der Waals surface area contributed by atoms with Gasteiger partial charge in [0.25, 0.3) is 0 Å². The van der Waals surface area contributed by atoms with Crippen molar-refractivity contribution in [1.82, 2.24) is 15.3 Å². The Balaban J connectivity index is 2.08. The van der Waals surface area contributed by atoms with Crippen molar-refractivity contribution in [3.8, 4) is 0 Å². The average Bonchev–Trinajstić information content (AvgIpc) is 2.76. The molecule has 8 heteroatoms. The van der Waals surface area contributed by atoms with Crippen LogP contribution in [0, 0.1) is 0 Å². The summed E-state index contributed by atoms with van der Waals surface area (Å²) < 4.78 is 10.7. The molecule has 0 unspecified atom stereocenters. The summed E-state index contributed by atoms with van der Waals surface area (Å²) in [6, 6.07) is 17.9. The molecule has 0 saturated heterocycles. The van der Waals surface area contributed by atoms with Crippen LogP contribution in [0.3, 0.4) is 0 Å². The van der Waals surface area contributed by atoms with Crippen LogP contribution in [0.15, 0.2) is 60.7 Å². The topological polar surface area (TPSA) is 88.2 Å². The van der Waals surface area contributed by atoms with Gasteiger partial charge in [0, 0.05) is 27.6 Å². The second-order valence-corrected chi connectivity index (χ2v) is 6.26. The number of hydrogen-bond donors (Lipinski definition) is 1. The van der Waals surface area contributed by atoms with Crippen LogP contribution in [0.5, 0.6) is 0 Å². The molecule has 0 fully saturated rings. The fourth-order valence-corrected chi connectivity index (χ4v) is 2.44. The standard InChI is InChI=1S/C21H25N3O5/c1-22-20(26)23(2)24(3)21(27)29-18(14-16-10-6-4-7-11-16)19(25)28-15-17-12-8-5-9-13-17/h4-13,18H,14-15H2,1-3H3,(H,22,26)/t18-/m0/s1. The first-order valence-electron chi connectivity index (χ1n) is 9.06. The molecular formula is C21H25N3O5. The first kappa shape index (κ1) is 21.7. The van der Waals surface area contributed by atoms with E-state index >= 15 is 0 Å². The van der Waals surface area contributed by atoms with E-state index in [0.29, 0.717) is 0 Å². The second kappa shape index (κ2) is 10.7. The Morgan fingerprint density at radius 3 is 2.00 bits per heavy atom. The van der Waals surface area contributed by atoms with Gasteiger partial charge >= 0.3 is 18.1 Å². The summed E-state index contributed by atoms with van der Waals surface area (Å²) in [5, 5.41) is 4.41. The summed E-state index contributed by atoms with van der Waals surface area (Å²) in [5.74, 6) is -0.665. The van der Waals surface area contributed by atoms with Gasteiger partial charge in [-0.1, -0.05) is 60.7 Å². The highest BCUT2D eigenvalue weighted by molar-refractivity contribution is 5.81. The lowest BCUT2D eigenvalue weighted by atomic mass is 10.1. The molecule has 0 aliphatic carbocycles. The van der Waals surface area contributed by atoms with Crippen LogP contribution in [0.1, 0.15) is 11.1 Å². The lowest BCUT2D eigenvalue weighted by molar-refractivity contribution is -0.156. The highest BCUT2D eigenvalue weighted by Gasteiger charge is 2.29. The number of nitrogens with one attached hydrogen (secondary N) is 1. The van der Waals surface area contributed by atoms with Crippen LogP contribution >= 0.6 is 0 Å². The number of benzene rings is 2. The normalized spacial score (nSPS) is 11.1. The third-order valence-electron chi connectivity index (χ3n) is 4.22. The van der Waals surface area contributed by atoms with E-state index in [2.05, 4.69) is 5.32 Å². The Labute approximate surface area is 170 Å². The zero-order valence-corrected chi connectivity index (χ0v) is 16.7. The molecule has 0 aromatic heterocycles. The summed E-state index contributed by atoms with van der Waals surface area (Å²) in [5.41, 5.74) is 1.63. The Bertz CT molecular complexity index is 814. The van der Waals surface area contributed by atoms with E-state index in [9.17, 15) is 14.4 Å². The fourth-order valence-electron chi connectivity index (χ4n) is 2.44. The van der Waals surface area contributed by atoms with Gasteiger partial charge in [0.15, 0.2) is 0 Å². The minimum absolute atomic E-state index is 0.0660. The number of ether oxygens (including phenoxy) is 2. The number of carbonyl (C=O) groups is 3. The van der Waals surface area contributed by atoms with Crippen molar-refractivity contribution in [3.63, 3.8) is 0 Å². The molecular weight excluding hydrogens is 374 g/mol. The van der Waals surface area contributed by atoms with Crippen LogP contribution in [0.2, 0.25) is 0 Å². The maximum absolute atomic E-state index is 12.6. The molecule has 0 aliphatic rings. The van der Waals surface area contributed by atoms with Gasteiger partial charge in [0.1, 0.15) is 6.61 Å². The molecule has 8 nitrogen and oxygen atoms in total. The summed E-state index contributed by atoms with van der Waals surface area (Å²) in [4.78, 5) is 36.8. The second-order valence-electron chi connectivity index (χ2n) is 6.26. The number of hydrazine groups is 1. The molecule has 2 aromatic carbocycles. The Kier molecular flexibility index (Phi) is 8.02. The number of amides is 3. The largest absolute Gasteiger partial charge is 0.458 e. The molecule has 1 N–H and O–H groups in total. The molecule has 0 heterocycles. The van der Waals surface area contributed by atoms with Gasteiger partial charge in [-0.15, -0.1) is 0 Å². The lowest BCUT2D eigenvalue weighted by Gasteiger charge is -2.28. The molecule has 3 amide bonds. The van der Waals surface area contributed by atoms with Crippen molar-refractivity contribution in [2.24, 2.45) is 0 Å². The smallest absolute Gasteiger partial charge is 0.429 e. The number of hydrogen-bond acceptors (Lipinski definition) is 5. The quantitative estimate of drug-likeness (QED) is 0.596. The van der Waals surface area contributed by atoms with E-state index in [0.717, 1.165) is 21.1 Å². The zero-order valence-electron chi connectivity index (χ0n) is 16.7. The molecule has 0 spiro atoms. The predicted octanol–water partition coefficient (Wildman–Crippen LogP) is 2.60. The first-order chi connectivity index (χ1) is 13.9. The van der Waals surface area contributed by atoms with Gasteiger partial charge in [0.2, 0.25) is 6.10 Å². The maximum Gasteiger partial charge on any atom is 0.429 e. The van der Waals surface area contributed by atoms with E-state index in [1.165, 1.54) is 21.1 Å². The molecule has 0 aliphatic heterocycles. The molecule has 0 bridgehead atoms. The molecule has 154 valence electrons. The van der Waals surface area contributed by atoms with Crippen molar-refractivity contribution in [1.29, 1.82) is 0 Å². The first-order valence-corrected chi connectivity index (χ1v) is 9.06. The summed E-state index contributed by atoms with van der Waals surface area (Å²) in [6.45, 7) is 0.0660. The third-order valence-corrected chi connectivity index (χ3v) is 4.22. The van der Waals surface area contributed by atoms with E-state index in [1.807, 2.05) is 60.7 Å². The zero-order chi connectivity index (χ0) is 21.2. The van der Waals surface area contributed by atoms with Crippen molar-refractivity contribution >= 4 is 18.1 Å². The van der Waals surface area contributed by atoms with Crippen LogP contribution in [0.4, 0.5) is 9.59 Å². The van der Waals surface area contributed by atoms with E-state index in [-0.39, 0.29) is 13.0 Å². The van der Waals surface area contributed by atoms with Crippen molar-refractivity contribution in [2.75, 3.05) is 21.1 Å². The van der Waals surface area contributed by atoms with Crippen molar-refractivity contribution in [3.05, 3.63) is 71.8 Å². The van der Waals surface area contributed by atoms with E-state index in [1.54, 1.807) is 0 Å². The van der Waals surface area contributed by atoms with Crippen LogP contribution in [-0.4, -0.2) is 55.4 Å². The van der Waals surface area contributed by atoms with Gasteiger partial charge in [-0.05, 0) is 11.1 Å². The van der Waals surface area contributed by atoms with Gasteiger partial charge < -0.3 is 14.8 Å². The Morgan fingerprint density at radius 2 is 1.45 bits per heavy atom. The van der Waals surface area contributed by atoms with Gasteiger partial charge in [-0.25, -0.2) is 24.4 Å². The molecule has 1 atom stereocenters. The number of carbonyl (C=O) groups excluding carboxylic acids is 3. The van der Waals surface area contributed by atoms with Gasteiger partial charge in [-0.2, -0.15) is 0 Å². The van der Waals surface area contributed by atoms with E-state index in [4.69, 9.17) is 9.47 Å². The van der Waals surface area contributed by atoms with E-state index < -0.39 is 24.2 Å². The van der Waals surface area contributed by atoms with Crippen LogP contribution < -0.4 is 5.32 Å². The number of nitrogens with zero attached hydrogens (tertiary/aromatic N) is 2. The third kappa shape index (κ3) is 6.53. The summed E-state index contributed by atoms with van der Waals surface area (Å²) in [7, 11) is 4.21. The average molecular weight is 399 g/mol. The molecule has 2 aromatic rings. The molecule has 0 saturated carbocycles. The van der Waals surface area contributed by atoms with Gasteiger partial charge in [-0.3, -0.25) is 0 Å². The maximum atomic E-state index is 12.6. The number of rotatable bonds is 6. The SMILES string of the molecule is CNC(=O)N(C)N(C)C(=O)O[C@@H](Cc1ccccc1)C(=O)OCc1ccccc1. The predicted molar refractivity (Wildman–Crippen MR) is 107 cm³/mol. The highest BCUT2D eigenvalue weighted by Crippen LogP contribution is 2.12. The number of urea groups is 1. The molecule has 0 radical (unpaired) electrons. The minimum Gasteiger partial charge on any atom is -0.458 e. The highest BCUT2D eigenvalue weighted by atomic mass is 16.6. The van der Waals surface area contributed by atoms with Gasteiger partial charge in [0.05, 0.1) is 0 Å². The fraction of sp³-hybridized carbons (Fsp3) is 0.286. The lowest BCUT2D eigenvalue weighted by Crippen LogP contribution is -2.49. The summed E-state index contributed by atoms with van der Waals surface area (Å²) in [6.07, 6.45) is -1.86. The Hall–Kier alpha value is -3.55. The number of esters is 1. The van der Waals surface area contributed by atoms with Crippen LogP contribution in [-0.2, 0) is 27.3 Å². The molecule has 29 heavy (non-hydrogen) atoms.